The van der Waals surface area contributed by atoms with Gasteiger partial charge in [-0.1, -0.05) is 42.5 Å². The molecule has 1 heterocycles. The van der Waals surface area contributed by atoms with Crippen LogP contribution < -0.4 is 15.8 Å². The zero-order valence-electron chi connectivity index (χ0n) is 13.4. The molecule has 0 bridgehead atoms. The molecule has 2 aliphatic rings. The van der Waals surface area contributed by atoms with E-state index in [1.165, 1.54) is 23.4 Å². The van der Waals surface area contributed by atoms with Gasteiger partial charge in [0.25, 0.3) is 0 Å². The van der Waals surface area contributed by atoms with Crippen LogP contribution >= 0.6 is 0 Å². The van der Waals surface area contributed by atoms with Gasteiger partial charge in [-0.3, -0.25) is 5.01 Å². The first-order chi connectivity index (χ1) is 10.8. The molecule has 118 valence electrons. The van der Waals surface area contributed by atoms with E-state index in [9.17, 15) is 0 Å². The van der Waals surface area contributed by atoms with Crippen molar-refractivity contribution in [3.05, 3.63) is 65.9 Å². The van der Waals surface area contributed by atoms with Crippen LogP contribution in [0.2, 0.25) is 0 Å². The van der Waals surface area contributed by atoms with E-state index in [0.717, 1.165) is 13.0 Å². The molecule has 2 unspecified atom stereocenters. The smallest absolute Gasteiger partial charge is 0.0574 e. The monoisotopic (exact) mass is 297 g/mol. The van der Waals surface area contributed by atoms with Gasteiger partial charge < -0.3 is 5.32 Å². The van der Waals surface area contributed by atoms with E-state index in [1.54, 1.807) is 0 Å². The van der Waals surface area contributed by atoms with E-state index in [4.69, 9.17) is 0 Å². The number of hydrogen-bond donors (Lipinski definition) is 2. The van der Waals surface area contributed by atoms with E-state index < -0.39 is 0 Å². The molecule has 0 radical (unpaired) electrons. The fourth-order valence-corrected chi connectivity index (χ4v) is 3.35. The lowest BCUT2D eigenvalue weighted by Gasteiger charge is -2.26. The van der Waals surface area contributed by atoms with Gasteiger partial charge in [-0.25, -0.2) is 5.43 Å². The summed E-state index contributed by atoms with van der Waals surface area (Å²) in [5, 5.41) is 5.57. The molecule has 1 aromatic carbocycles. The second kappa shape index (κ2) is 6.95. The van der Waals surface area contributed by atoms with Gasteiger partial charge in [-0.2, -0.15) is 0 Å². The number of nitrogens with zero attached hydrogens (tertiary/aromatic N) is 1. The predicted molar refractivity (Wildman–Crippen MR) is 95.6 cm³/mol. The maximum Gasteiger partial charge on any atom is 0.0574 e. The lowest BCUT2D eigenvalue weighted by molar-refractivity contribution is 0.453. The van der Waals surface area contributed by atoms with Crippen LogP contribution in [0.25, 0.3) is 0 Å². The second-order valence-electron chi connectivity index (χ2n) is 5.97. The number of rotatable bonds is 4. The van der Waals surface area contributed by atoms with Crippen LogP contribution in [0, 0.1) is 5.92 Å². The van der Waals surface area contributed by atoms with Crippen LogP contribution in [0.5, 0.6) is 0 Å². The van der Waals surface area contributed by atoms with Crippen LogP contribution in [0.4, 0.5) is 5.69 Å². The first-order valence-electron chi connectivity index (χ1n) is 8.10. The van der Waals surface area contributed by atoms with Gasteiger partial charge in [0.1, 0.15) is 0 Å². The fraction of sp³-hybridized carbons (Fsp3) is 0.368. The number of anilines is 1. The van der Waals surface area contributed by atoms with Crippen molar-refractivity contribution in [1.82, 2.24) is 10.7 Å². The van der Waals surface area contributed by atoms with Crippen LogP contribution in [0.1, 0.15) is 21.2 Å². The highest BCUT2D eigenvalue weighted by Crippen LogP contribution is 2.32. The normalized spacial score (nSPS) is 24.9. The van der Waals surface area contributed by atoms with Crippen molar-refractivity contribution in [2.45, 2.75) is 25.8 Å². The Morgan fingerprint density at radius 2 is 2.09 bits per heavy atom. The Hall–Kier alpha value is -1.84. The first kappa shape index (κ1) is 15.1. The number of hydrazine groups is 1. The largest absolute Gasteiger partial charge is 0.316 e. The van der Waals surface area contributed by atoms with E-state index in [-0.39, 0.29) is 1.43 Å². The molecule has 2 N–H and O–H groups in total. The summed E-state index contributed by atoms with van der Waals surface area (Å²) in [4.78, 5) is 0. The van der Waals surface area contributed by atoms with Gasteiger partial charge in [0.05, 0.1) is 11.7 Å². The van der Waals surface area contributed by atoms with Crippen molar-refractivity contribution in [3.8, 4) is 0 Å². The summed E-state index contributed by atoms with van der Waals surface area (Å²) >= 11 is 0. The van der Waals surface area contributed by atoms with Crippen molar-refractivity contribution in [2.75, 3.05) is 18.6 Å². The van der Waals surface area contributed by atoms with Crippen molar-refractivity contribution in [3.63, 3.8) is 0 Å². The van der Waals surface area contributed by atoms with E-state index in [0.29, 0.717) is 12.0 Å². The third kappa shape index (κ3) is 3.01. The molecular weight excluding hydrogens is 270 g/mol. The quantitative estimate of drug-likeness (QED) is 0.888. The third-order valence-corrected chi connectivity index (χ3v) is 4.53. The van der Waals surface area contributed by atoms with Crippen LogP contribution in [-0.2, 0) is 0 Å². The van der Waals surface area contributed by atoms with Crippen molar-refractivity contribution in [1.29, 1.82) is 0 Å². The number of para-hydroxylation sites is 1. The first-order valence-corrected chi connectivity index (χ1v) is 8.10. The highest BCUT2D eigenvalue weighted by molar-refractivity contribution is 5.55. The molecule has 3 heteroatoms. The minimum absolute atomic E-state index is 0. The summed E-state index contributed by atoms with van der Waals surface area (Å²) in [5.74, 6) is 0.530. The Bertz CT molecular complexity index is 592. The fourth-order valence-electron chi connectivity index (χ4n) is 3.35. The summed E-state index contributed by atoms with van der Waals surface area (Å²) < 4.78 is 0. The zero-order valence-corrected chi connectivity index (χ0v) is 13.4. The molecule has 3 nitrogen and oxygen atoms in total. The molecule has 22 heavy (non-hydrogen) atoms. The summed E-state index contributed by atoms with van der Waals surface area (Å²) in [6.45, 7) is 3.13. The molecule has 1 aliphatic carbocycles. The predicted octanol–water partition coefficient (Wildman–Crippen LogP) is 3.64. The molecule has 2 atom stereocenters. The van der Waals surface area contributed by atoms with Gasteiger partial charge in [-0.15, -0.1) is 0 Å². The van der Waals surface area contributed by atoms with E-state index in [2.05, 4.69) is 77.3 Å². The second-order valence-corrected chi connectivity index (χ2v) is 5.97. The molecule has 0 saturated heterocycles. The Morgan fingerprint density at radius 1 is 1.27 bits per heavy atom. The average Bonchev–Trinajstić information content (AvgIpc) is 2.74. The molecular formula is C19H27N3. The Morgan fingerprint density at radius 3 is 2.86 bits per heavy atom. The van der Waals surface area contributed by atoms with Crippen molar-refractivity contribution in [2.24, 2.45) is 5.92 Å². The molecule has 1 aromatic rings. The average molecular weight is 297 g/mol. The van der Waals surface area contributed by atoms with E-state index >= 15 is 0 Å². The zero-order chi connectivity index (χ0) is 15.4. The number of hydrogen-bond acceptors (Lipinski definition) is 3. The molecule has 0 saturated carbocycles. The third-order valence-electron chi connectivity index (χ3n) is 4.53. The molecule has 0 amide bonds. The minimum Gasteiger partial charge on any atom is -0.316 e. The minimum atomic E-state index is 0. The number of likely N-dealkylation sites (N-methyl/N-ethyl adjacent to an activating group) is 1. The Labute approximate surface area is 134 Å². The summed E-state index contributed by atoms with van der Waals surface area (Å²) in [7, 11) is 2.02. The van der Waals surface area contributed by atoms with Gasteiger partial charge in [-0.05, 0) is 50.4 Å². The summed E-state index contributed by atoms with van der Waals surface area (Å²) in [6, 6.07) is 10.9. The van der Waals surface area contributed by atoms with Gasteiger partial charge in [0, 0.05) is 13.7 Å². The van der Waals surface area contributed by atoms with E-state index in [1.807, 2.05) is 7.05 Å². The summed E-state index contributed by atoms with van der Waals surface area (Å²) in [6.07, 6.45) is 11.3. The number of allylic oxidation sites excluding steroid dienone is 4. The highest BCUT2D eigenvalue weighted by Gasteiger charge is 2.33. The van der Waals surface area contributed by atoms with Crippen molar-refractivity contribution < 1.29 is 1.43 Å². The molecule has 0 fully saturated rings. The molecule has 0 spiro atoms. The molecule has 3 rings (SSSR count). The van der Waals surface area contributed by atoms with Gasteiger partial charge in [0.15, 0.2) is 0 Å². The summed E-state index contributed by atoms with van der Waals surface area (Å²) in [5.41, 5.74) is 7.71. The maximum atomic E-state index is 3.73. The lowest BCUT2D eigenvalue weighted by atomic mass is 9.89. The van der Waals surface area contributed by atoms with Crippen LogP contribution in [0.15, 0.2) is 65.9 Å². The standard InChI is InChI=1S/C19H25N3.H2/c1-15-18(14-20-2)19(16-10-6-3-4-7-11-16)21-22(15)17-12-8-5-9-13-17;/h3-6,8-10,12-13,16,19-21H,7,11,14H2,1-2H3;1H. The topological polar surface area (TPSA) is 27.3 Å². The Kier molecular flexibility index (Phi) is 4.76. The highest BCUT2D eigenvalue weighted by atomic mass is 15.5. The number of benzene rings is 1. The van der Waals surface area contributed by atoms with Gasteiger partial charge >= 0.3 is 0 Å². The van der Waals surface area contributed by atoms with Gasteiger partial charge in [0.2, 0.25) is 0 Å². The van der Waals surface area contributed by atoms with Crippen LogP contribution in [0.3, 0.4) is 0 Å². The molecule has 1 aliphatic heterocycles. The Balaban J connectivity index is 0.00000192. The maximum absolute atomic E-state index is 3.73. The molecule has 0 aromatic heterocycles. The lowest BCUT2D eigenvalue weighted by Crippen LogP contribution is -2.42. The number of nitrogens with one attached hydrogen (secondary N) is 2. The SMILES string of the molecule is CNCC1=C(C)N(c2ccccc2)NC1C1C=CC=CCC1.[HH]. The van der Waals surface area contributed by atoms with Crippen LogP contribution in [-0.4, -0.2) is 19.6 Å². The van der Waals surface area contributed by atoms with Crippen molar-refractivity contribution >= 4 is 5.69 Å².